The second-order valence-electron chi connectivity index (χ2n) is 6.03. The van der Waals surface area contributed by atoms with E-state index in [-0.39, 0.29) is 12.5 Å². The fourth-order valence-corrected chi connectivity index (χ4v) is 2.46. The van der Waals surface area contributed by atoms with Crippen molar-refractivity contribution in [2.75, 3.05) is 6.54 Å². The van der Waals surface area contributed by atoms with Gasteiger partial charge in [0.25, 0.3) is 11.8 Å². The number of aromatic nitrogens is 2. The predicted molar refractivity (Wildman–Crippen MR) is 88.5 cm³/mol. The van der Waals surface area contributed by atoms with E-state index in [2.05, 4.69) is 15.5 Å². The Morgan fingerprint density at radius 2 is 2.00 bits per heavy atom. The highest BCUT2D eigenvalue weighted by Crippen LogP contribution is 2.21. The fourth-order valence-electron chi connectivity index (χ4n) is 2.46. The average Bonchev–Trinajstić information content (AvgIpc) is 3.20. The molecule has 9 nitrogen and oxygen atoms in total. The molecule has 0 unspecified atom stereocenters. The van der Waals surface area contributed by atoms with E-state index in [1.165, 1.54) is 0 Å². The third-order valence-electron chi connectivity index (χ3n) is 4.18. The zero-order chi connectivity index (χ0) is 18.7. The van der Waals surface area contributed by atoms with Crippen molar-refractivity contribution >= 4 is 17.9 Å². The molecule has 1 aromatic heterocycles. The van der Waals surface area contributed by atoms with Crippen LogP contribution in [-0.2, 0) is 20.9 Å². The molecule has 1 atom stereocenters. The highest BCUT2D eigenvalue weighted by atomic mass is 16.5. The zero-order valence-electron chi connectivity index (χ0n) is 14.4. The van der Waals surface area contributed by atoms with Crippen LogP contribution in [0, 0.1) is 0 Å². The first kappa shape index (κ1) is 17.6. The molecular weight excluding hydrogens is 340 g/mol. The van der Waals surface area contributed by atoms with Crippen molar-refractivity contribution in [3.05, 3.63) is 36.2 Å². The molecule has 0 radical (unpaired) electrons. The Labute approximate surface area is 149 Å². The number of imide groups is 1. The number of benzene rings is 1. The number of esters is 1. The average molecular weight is 358 g/mol. The van der Waals surface area contributed by atoms with E-state index in [9.17, 15) is 14.4 Å². The third-order valence-corrected chi connectivity index (χ3v) is 4.18. The number of ether oxygens (including phenoxy) is 1. The molecule has 9 heteroatoms. The van der Waals surface area contributed by atoms with E-state index in [0.717, 1.165) is 10.5 Å². The van der Waals surface area contributed by atoms with Gasteiger partial charge in [0.15, 0.2) is 6.61 Å². The molecule has 0 spiro atoms. The van der Waals surface area contributed by atoms with E-state index in [0.29, 0.717) is 12.3 Å². The summed E-state index contributed by atoms with van der Waals surface area (Å²) in [6.45, 7) is 2.68. The standard InChI is InChI=1S/C17H18N4O5/c1-3-17(2)15(23)21(16(24)18-17)9-13(22)25-10-12-19-20-14(26-12)11-7-5-4-6-8-11/h4-8H,3,9-10H2,1-2H3,(H,18,24)/t17-/m1/s1. The highest BCUT2D eigenvalue weighted by molar-refractivity contribution is 6.08. The van der Waals surface area contributed by atoms with Gasteiger partial charge < -0.3 is 14.5 Å². The van der Waals surface area contributed by atoms with Crippen LogP contribution in [0.25, 0.3) is 11.5 Å². The van der Waals surface area contributed by atoms with Crippen LogP contribution in [-0.4, -0.2) is 45.1 Å². The SMILES string of the molecule is CC[C@@]1(C)NC(=O)N(CC(=O)OCc2nnc(-c3ccccc3)o2)C1=O. The lowest BCUT2D eigenvalue weighted by molar-refractivity contribution is -0.149. The van der Waals surface area contributed by atoms with Crippen molar-refractivity contribution in [2.45, 2.75) is 32.4 Å². The molecule has 136 valence electrons. The van der Waals surface area contributed by atoms with Crippen molar-refractivity contribution < 1.29 is 23.5 Å². The summed E-state index contributed by atoms with van der Waals surface area (Å²) in [6.07, 6.45) is 0.424. The smallest absolute Gasteiger partial charge is 0.326 e. The lowest BCUT2D eigenvalue weighted by atomic mass is 9.99. The van der Waals surface area contributed by atoms with Crippen molar-refractivity contribution in [3.8, 4) is 11.5 Å². The summed E-state index contributed by atoms with van der Waals surface area (Å²) < 4.78 is 10.5. The molecule has 1 aliphatic rings. The van der Waals surface area contributed by atoms with Crippen LogP contribution in [0.2, 0.25) is 0 Å². The predicted octanol–water partition coefficient (Wildman–Crippen LogP) is 1.50. The minimum absolute atomic E-state index is 0.118. The van der Waals surface area contributed by atoms with Gasteiger partial charge in [-0.1, -0.05) is 25.1 Å². The minimum atomic E-state index is -0.992. The maximum Gasteiger partial charge on any atom is 0.326 e. The van der Waals surface area contributed by atoms with Gasteiger partial charge in [0, 0.05) is 5.56 Å². The molecule has 3 amide bonds. The number of hydrogen-bond donors (Lipinski definition) is 1. The van der Waals surface area contributed by atoms with Crippen LogP contribution < -0.4 is 5.32 Å². The van der Waals surface area contributed by atoms with Gasteiger partial charge >= 0.3 is 12.0 Å². The van der Waals surface area contributed by atoms with E-state index >= 15 is 0 Å². The summed E-state index contributed by atoms with van der Waals surface area (Å²) in [5.74, 6) is -0.767. The van der Waals surface area contributed by atoms with Gasteiger partial charge in [-0.3, -0.25) is 14.5 Å². The second kappa shape index (κ2) is 6.95. The molecule has 3 rings (SSSR count). The lowest BCUT2D eigenvalue weighted by Crippen LogP contribution is -2.43. The number of carbonyl (C=O) groups excluding carboxylic acids is 3. The van der Waals surface area contributed by atoms with Crippen LogP contribution in [0.3, 0.4) is 0 Å². The Morgan fingerprint density at radius 1 is 1.27 bits per heavy atom. The van der Waals surface area contributed by atoms with Crippen LogP contribution in [0.4, 0.5) is 4.79 Å². The molecule has 1 aromatic carbocycles. The summed E-state index contributed by atoms with van der Waals surface area (Å²) in [4.78, 5) is 36.9. The molecule has 1 aliphatic heterocycles. The first-order chi connectivity index (χ1) is 12.4. The van der Waals surface area contributed by atoms with Gasteiger partial charge in [-0.15, -0.1) is 10.2 Å². The van der Waals surface area contributed by atoms with Crippen LogP contribution in [0.5, 0.6) is 0 Å². The van der Waals surface area contributed by atoms with Gasteiger partial charge in [-0.25, -0.2) is 4.79 Å². The van der Waals surface area contributed by atoms with Crippen LogP contribution in [0.1, 0.15) is 26.2 Å². The maximum atomic E-state index is 12.2. The Balaban J connectivity index is 1.56. The monoisotopic (exact) mass is 358 g/mol. The molecule has 1 fully saturated rings. The fraction of sp³-hybridized carbons (Fsp3) is 0.353. The van der Waals surface area contributed by atoms with Crippen molar-refractivity contribution in [3.63, 3.8) is 0 Å². The van der Waals surface area contributed by atoms with Crippen molar-refractivity contribution in [1.29, 1.82) is 0 Å². The highest BCUT2D eigenvalue weighted by Gasteiger charge is 2.47. The van der Waals surface area contributed by atoms with E-state index in [4.69, 9.17) is 9.15 Å². The van der Waals surface area contributed by atoms with Gasteiger partial charge in [0.1, 0.15) is 12.1 Å². The first-order valence-electron chi connectivity index (χ1n) is 8.10. The largest absolute Gasteiger partial charge is 0.454 e. The van der Waals surface area contributed by atoms with E-state index < -0.39 is 30.0 Å². The minimum Gasteiger partial charge on any atom is -0.454 e. The number of carbonyl (C=O) groups is 3. The second-order valence-corrected chi connectivity index (χ2v) is 6.03. The molecule has 0 aliphatic carbocycles. The van der Waals surface area contributed by atoms with Crippen molar-refractivity contribution in [2.24, 2.45) is 0 Å². The summed E-state index contributed by atoms with van der Waals surface area (Å²) >= 11 is 0. The number of urea groups is 1. The number of nitrogens with zero attached hydrogens (tertiary/aromatic N) is 3. The van der Waals surface area contributed by atoms with Gasteiger partial charge in [-0.2, -0.15) is 0 Å². The third kappa shape index (κ3) is 3.41. The quantitative estimate of drug-likeness (QED) is 0.614. The Kier molecular flexibility index (Phi) is 4.70. The number of amides is 3. The Bertz CT molecular complexity index is 835. The summed E-state index contributed by atoms with van der Waals surface area (Å²) in [7, 11) is 0. The molecule has 1 N–H and O–H groups in total. The lowest BCUT2D eigenvalue weighted by Gasteiger charge is -2.18. The molecular formula is C17H18N4O5. The molecule has 0 bridgehead atoms. The van der Waals surface area contributed by atoms with E-state index in [1.54, 1.807) is 13.8 Å². The van der Waals surface area contributed by atoms with Crippen LogP contribution in [0.15, 0.2) is 34.7 Å². The normalized spacial score (nSPS) is 19.5. The first-order valence-corrected chi connectivity index (χ1v) is 8.10. The molecule has 26 heavy (non-hydrogen) atoms. The van der Waals surface area contributed by atoms with Gasteiger partial charge in [0.2, 0.25) is 5.89 Å². The van der Waals surface area contributed by atoms with Crippen LogP contribution >= 0.6 is 0 Å². The van der Waals surface area contributed by atoms with Crippen molar-refractivity contribution in [1.82, 2.24) is 20.4 Å². The molecule has 1 saturated heterocycles. The molecule has 2 heterocycles. The number of hydrogen-bond acceptors (Lipinski definition) is 7. The maximum absolute atomic E-state index is 12.2. The summed E-state index contributed by atoms with van der Waals surface area (Å²) in [5.41, 5.74) is -0.246. The zero-order valence-corrected chi connectivity index (χ0v) is 14.4. The number of rotatable bonds is 6. The summed E-state index contributed by atoms with van der Waals surface area (Å²) in [6, 6.07) is 8.54. The Hall–Kier alpha value is -3.23. The Morgan fingerprint density at radius 3 is 2.65 bits per heavy atom. The molecule has 0 saturated carbocycles. The van der Waals surface area contributed by atoms with E-state index in [1.807, 2.05) is 30.3 Å². The topological polar surface area (TPSA) is 115 Å². The van der Waals surface area contributed by atoms with Gasteiger partial charge in [-0.05, 0) is 25.5 Å². The van der Waals surface area contributed by atoms with Gasteiger partial charge in [0.05, 0.1) is 0 Å². The summed E-state index contributed by atoms with van der Waals surface area (Å²) in [5, 5.41) is 10.3. The molecule has 2 aromatic rings. The number of nitrogens with one attached hydrogen (secondary N) is 1.